The smallest absolute Gasteiger partial charge is 0.393 e. The summed E-state index contributed by atoms with van der Waals surface area (Å²) in [7, 11) is 0. The molecule has 0 bridgehead atoms. The van der Waals surface area contributed by atoms with Crippen LogP contribution in [0.3, 0.4) is 0 Å². The predicted octanol–water partition coefficient (Wildman–Crippen LogP) is 3.41. The Labute approximate surface area is 132 Å². The molecule has 1 amide bonds. The fraction of sp³-hybridized carbons (Fsp3) is 0.364. The number of aromatic hydroxyl groups is 1. The van der Waals surface area contributed by atoms with E-state index in [4.69, 9.17) is 0 Å². The molecule has 0 aliphatic carbocycles. The van der Waals surface area contributed by atoms with E-state index in [0.29, 0.717) is 12.1 Å². The van der Waals surface area contributed by atoms with Gasteiger partial charge >= 0.3 is 30.1 Å². The molecule has 0 radical (unpaired) electrons. The Morgan fingerprint density at radius 2 is 1.68 bits per heavy atom. The number of rotatable bonds is 6. The minimum Gasteiger partial charge on any atom is -0.506 e. The van der Waals surface area contributed by atoms with Crippen LogP contribution in [0.1, 0.15) is 0 Å². The topological polar surface area (TPSA) is 92.5 Å². The first kappa shape index (κ1) is 20.4. The van der Waals surface area contributed by atoms with Gasteiger partial charge in [0.1, 0.15) is 5.75 Å². The average Bonchev–Trinajstić information content (AvgIpc) is 2.48. The van der Waals surface area contributed by atoms with Crippen molar-refractivity contribution in [2.45, 2.75) is 24.2 Å². The number of amides is 1. The zero-order valence-electron chi connectivity index (χ0n) is 11.5. The molecular formula is C11H6F8N2O4. The van der Waals surface area contributed by atoms with Crippen molar-refractivity contribution >= 4 is 17.3 Å². The first-order valence-electron chi connectivity index (χ1n) is 5.86. The Bertz CT molecular complexity index is 695. The largest absolute Gasteiger partial charge is 0.506 e. The van der Waals surface area contributed by atoms with Crippen LogP contribution in [0.4, 0.5) is 46.5 Å². The van der Waals surface area contributed by atoms with E-state index < -0.39 is 52.1 Å². The molecule has 2 N–H and O–H groups in total. The number of nitrogens with one attached hydrogen (secondary N) is 1. The highest BCUT2D eigenvalue weighted by molar-refractivity contribution is 5.98. The third kappa shape index (κ3) is 3.41. The van der Waals surface area contributed by atoms with Crippen LogP contribution < -0.4 is 5.32 Å². The second-order valence-electron chi connectivity index (χ2n) is 4.49. The summed E-state index contributed by atoms with van der Waals surface area (Å²) in [6.07, 6.45) is -5.22. The number of phenols is 1. The maximum atomic E-state index is 13.3. The maximum Gasteiger partial charge on any atom is 0.393 e. The van der Waals surface area contributed by atoms with Crippen LogP contribution in [0.15, 0.2) is 18.2 Å². The number of phenolic OH excluding ortho intramolecular Hbond substituents is 1. The molecule has 0 unspecified atom stereocenters. The molecule has 25 heavy (non-hydrogen) atoms. The van der Waals surface area contributed by atoms with Gasteiger partial charge in [0.05, 0.1) is 10.6 Å². The summed E-state index contributed by atoms with van der Waals surface area (Å²) >= 11 is 0. The van der Waals surface area contributed by atoms with Gasteiger partial charge in [-0.25, -0.2) is 8.78 Å². The molecule has 1 rings (SSSR count). The molecule has 1 aromatic rings. The van der Waals surface area contributed by atoms with Crippen molar-refractivity contribution in [2.75, 3.05) is 5.32 Å². The number of halogens is 8. The Hall–Kier alpha value is -2.67. The van der Waals surface area contributed by atoms with Gasteiger partial charge in [-0.05, 0) is 6.07 Å². The molecular weight excluding hydrogens is 376 g/mol. The molecule has 0 saturated carbocycles. The van der Waals surface area contributed by atoms with E-state index >= 15 is 0 Å². The van der Waals surface area contributed by atoms with Crippen molar-refractivity contribution in [3.63, 3.8) is 0 Å². The van der Waals surface area contributed by atoms with Gasteiger partial charge in [0.15, 0.2) is 0 Å². The number of benzene rings is 1. The van der Waals surface area contributed by atoms with E-state index in [-0.39, 0.29) is 6.07 Å². The van der Waals surface area contributed by atoms with E-state index in [2.05, 4.69) is 0 Å². The van der Waals surface area contributed by atoms with Crippen molar-refractivity contribution in [3.8, 4) is 5.75 Å². The molecule has 0 saturated heterocycles. The SMILES string of the molecule is O=C(Nc1cc([N+](=O)[O-])ccc1O)C(F)(F)C(F)(F)C(F)(F)C(F)F. The highest BCUT2D eigenvalue weighted by Gasteiger charge is 2.78. The first-order chi connectivity index (χ1) is 11.2. The third-order valence-electron chi connectivity index (χ3n) is 2.81. The Morgan fingerprint density at radius 1 is 1.16 bits per heavy atom. The van der Waals surface area contributed by atoms with Crippen molar-refractivity contribution in [1.29, 1.82) is 0 Å². The van der Waals surface area contributed by atoms with Gasteiger partial charge in [-0.3, -0.25) is 14.9 Å². The van der Waals surface area contributed by atoms with Crippen LogP contribution in [0.2, 0.25) is 0 Å². The Kier molecular flexibility index (Phi) is 5.16. The quantitative estimate of drug-likeness (QED) is 0.341. The number of nitro benzene ring substituents is 1. The van der Waals surface area contributed by atoms with Crippen LogP contribution in [0.25, 0.3) is 0 Å². The van der Waals surface area contributed by atoms with Gasteiger partial charge in [-0.15, -0.1) is 0 Å². The minimum atomic E-state index is -6.80. The van der Waals surface area contributed by atoms with Gasteiger partial charge in [-0.1, -0.05) is 0 Å². The fourth-order valence-corrected chi connectivity index (χ4v) is 1.43. The minimum absolute atomic E-state index is 0.257. The van der Waals surface area contributed by atoms with Crippen molar-refractivity contribution in [3.05, 3.63) is 28.3 Å². The van der Waals surface area contributed by atoms with Crippen LogP contribution in [0.5, 0.6) is 5.75 Å². The van der Waals surface area contributed by atoms with E-state index in [9.17, 15) is 55.1 Å². The molecule has 0 spiro atoms. The third-order valence-corrected chi connectivity index (χ3v) is 2.81. The molecule has 0 atom stereocenters. The lowest BCUT2D eigenvalue weighted by Gasteiger charge is -2.31. The van der Waals surface area contributed by atoms with Gasteiger partial charge < -0.3 is 10.4 Å². The van der Waals surface area contributed by atoms with Crippen molar-refractivity contribution < 1.29 is 49.9 Å². The summed E-state index contributed by atoms with van der Waals surface area (Å²) in [6.45, 7) is 0. The highest BCUT2D eigenvalue weighted by Crippen LogP contribution is 2.49. The van der Waals surface area contributed by atoms with E-state index in [0.717, 1.165) is 5.32 Å². The number of carbonyl (C=O) groups is 1. The number of nitro groups is 1. The molecule has 1 aromatic carbocycles. The van der Waals surface area contributed by atoms with Crippen molar-refractivity contribution in [1.82, 2.24) is 0 Å². The van der Waals surface area contributed by atoms with Crippen LogP contribution in [-0.2, 0) is 4.79 Å². The fourth-order valence-electron chi connectivity index (χ4n) is 1.43. The molecule has 14 heteroatoms. The first-order valence-corrected chi connectivity index (χ1v) is 5.86. The van der Waals surface area contributed by atoms with Gasteiger partial charge in [-0.2, -0.15) is 26.3 Å². The summed E-state index contributed by atoms with van der Waals surface area (Å²) in [5, 5.41) is 20.6. The predicted molar refractivity (Wildman–Crippen MR) is 64.2 cm³/mol. The lowest BCUT2D eigenvalue weighted by atomic mass is 10.0. The van der Waals surface area contributed by atoms with Gasteiger partial charge in [0.2, 0.25) is 0 Å². The van der Waals surface area contributed by atoms with Crippen molar-refractivity contribution in [2.24, 2.45) is 0 Å². The molecule has 0 aliphatic rings. The second kappa shape index (κ2) is 6.33. The van der Waals surface area contributed by atoms with Crippen LogP contribution in [-0.4, -0.2) is 40.1 Å². The number of non-ortho nitro benzene ring substituents is 1. The lowest BCUT2D eigenvalue weighted by Crippen LogP contribution is -2.61. The van der Waals surface area contributed by atoms with E-state index in [1.165, 1.54) is 0 Å². The number of nitrogens with zero attached hydrogens (tertiary/aromatic N) is 1. The zero-order chi connectivity index (χ0) is 19.8. The van der Waals surface area contributed by atoms with Crippen LogP contribution in [0, 0.1) is 10.1 Å². The summed E-state index contributed by atoms with van der Waals surface area (Å²) in [5.41, 5.74) is -2.09. The Morgan fingerprint density at radius 3 is 2.12 bits per heavy atom. The number of carbonyl (C=O) groups excluding carboxylic acids is 1. The number of alkyl halides is 8. The zero-order valence-corrected chi connectivity index (χ0v) is 11.5. The summed E-state index contributed by atoms with van der Waals surface area (Å²) in [4.78, 5) is 20.5. The second-order valence-corrected chi connectivity index (χ2v) is 4.49. The lowest BCUT2D eigenvalue weighted by molar-refractivity contribution is -0.384. The molecule has 0 fully saturated rings. The van der Waals surface area contributed by atoms with Gasteiger partial charge in [0, 0.05) is 12.1 Å². The monoisotopic (exact) mass is 382 g/mol. The number of hydrogen-bond acceptors (Lipinski definition) is 4. The summed E-state index contributed by atoms with van der Waals surface area (Å²) in [5.74, 6) is -24.0. The highest BCUT2D eigenvalue weighted by atomic mass is 19.4. The molecule has 0 aromatic heterocycles. The standard InChI is InChI=1S/C11H6F8N2O4/c12-7(13)9(14,15)11(18,19)10(16,17)8(23)20-5-3-4(21(24)25)1-2-6(5)22/h1-3,7,22H,(H,20,23). The van der Waals surface area contributed by atoms with Crippen LogP contribution >= 0.6 is 0 Å². The molecule has 0 aliphatic heterocycles. The molecule has 0 heterocycles. The maximum absolute atomic E-state index is 13.3. The number of anilines is 1. The van der Waals surface area contributed by atoms with Gasteiger partial charge in [0.25, 0.3) is 5.69 Å². The summed E-state index contributed by atoms with van der Waals surface area (Å²) in [6, 6.07) is 1.41. The number of hydrogen-bond donors (Lipinski definition) is 2. The van der Waals surface area contributed by atoms with E-state index in [1.807, 2.05) is 0 Å². The summed E-state index contributed by atoms with van der Waals surface area (Å²) < 4.78 is 102. The molecule has 140 valence electrons. The normalized spacial score (nSPS) is 13.0. The average molecular weight is 382 g/mol. The molecule has 6 nitrogen and oxygen atoms in total. The van der Waals surface area contributed by atoms with E-state index in [1.54, 1.807) is 0 Å². The Balaban J connectivity index is 3.23.